The summed E-state index contributed by atoms with van der Waals surface area (Å²) in [5.41, 5.74) is 2.00. The summed E-state index contributed by atoms with van der Waals surface area (Å²) in [6, 6.07) is 13.8. The number of anilines is 2. The summed E-state index contributed by atoms with van der Waals surface area (Å²) in [4.78, 5) is 24.8. The quantitative estimate of drug-likeness (QED) is 0.942. The second-order valence-corrected chi connectivity index (χ2v) is 5.04. The van der Waals surface area contributed by atoms with Gasteiger partial charge in [0.15, 0.2) is 0 Å². The maximum Gasteiger partial charge on any atom is 0.258 e. The highest BCUT2D eigenvalue weighted by molar-refractivity contribution is 6.30. The molecule has 108 valence electrons. The lowest BCUT2D eigenvalue weighted by Crippen LogP contribution is -2.26. The highest BCUT2D eigenvalue weighted by Gasteiger charge is 2.13. The van der Waals surface area contributed by atoms with Crippen LogP contribution < -0.4 is 10.2 Å². The zero-order chi connectivity index (χ0) is 15.4. The smallest absolute Gasteiger partial charge is 0.258 e. The van der Waals surface area contributed by atoms with E-state index in [2.05, 4.69) is 5.32 Å². The summed E-state index contributed by atoms with van der Waals surface area (Å²) in [5, 5.41) is 3.27. The molecule has 5 heteroatoms. The number of amides is 2. The number of benzene rings is 2. The van der Waals surface area contributed by atoms with Crippen LogP contribution in [0.3, 0.4) is 0 Å². The standard InChI is InChI=1S/C16H15ClN2O2/c1-11(20)18-14-7-9-15(10-8-14)19(2)16(21)12-3-5-13(17)6-4-12/h3-10H,1-2H3,(H,18,20). The molecule has 2 amide bonds. The predicted octanol–water partition coefficient (Wildman–Crippen LogP) is 3.58. The minimum absolute atomic E-state index is 0.126. The first kappa shape index (κ1) is 15.1. The molecule has 0 unspecified atom stereocenters. The molecule has 2 rings (SSSR count). The summed E-state index contributed by atoms with van der Waals surface area (Å²) in [6.45, 7) is 1.45. The molecule has 0 saturated heterocycles. The lowest BCUT2D eigenvalue weighted by molar-refractivity contribution is -0.114. The van der Waals surface area contributed by atoms with Crippen molar-refractivity contribution in [2.45, 2.75) is 6.92 Å². The average molecular weight is 303 g/mol. The zero-order valence-corrected chi connectivity index (χ0v) is 12.5. The third kappa shape index (κ3) is 3.83. The van der Waals surface area contributed by atoms with Gasteiger partial charge in [0.05, 0.1) is 0 Å². The molecule has 0 fully saturated rings. The summed E-state index contributed by atoms with van der Waals surface area (Å²) in [5.74, 6) is -0.257. The normalized spacial score (nSPS) is 10.0. The Morgan fingerprint density at radius 3 is 2.10 bits per heavy atom. The van der Waals surface area contributed by atoms with E-state index in [0.717, 1.165) is 5.69 Å². The third-order valence-corrected chi connectivity index (χ3v) is 3.22. The molecular formula is C16H15ClN2O2. The Kier molecular flexibility index (Phi) is 4.60. The molecule has 0 saturated carbocycles. The Labute approximate surface area is 128 Å². The molecule has 0 aromatic heterocycles. The Bertz CT molecular complexity index is 651. The van der Waals surface area contributed by atoms with E-state index in [-0.39, 0.29) is 11.8 Å². The van der Waals surface area contributed by atoms with Crippen LogP contribution in [0.25, 0.3) is 0 Å². The Morgan fingerprint density at radius 2 is 1.57 bits per heavy atom. The van der Waals surface area contributed by atoms with Crippen molar-refractivity contribution in [3.8, 4) is 0 Å². The summed E-state index contributed by atoms with van der Waals surface area (Å²) in [6.07, 6.45) is 0. The van der Waals surface area contributed by atoms with Gasteiger partial charge < -0.3 is 10.2 Å². The van der Waals surface area contributed by atoms with Crippen LogP contribution in [0, 0.1) is 0 Å². The van der Waals surface area contributed by atoms with Crippen LogP contribution in [0.15, 0.2) is 48.5 Å². The fraction of sp³-hybridized carbons (Fsp3) is 0.125. The van der Waals surface area contributed by atoms with Crippen molar-refractivity contribution in [1.29, 1.82) is 0 Å². The Hall–Kier alpha value is -2.33. The van der Waals surface area contributed by atoms with E-state index in [0.29, 0.717) is 16.3 Å². The molecule has 2 aromatic carbocycles. The lowest BCUT2D eigenvalue weighted by Gasteiger charge is -2.18. The molecule has 4 nitrogen and oxygen atoms in total. The van der Waals surface area contributed by atoms with Gasteiger partial charge in [0.1, 0.15) is 0 Å². The third-order valence-electron chi connectivity index (χ3n) is 2.97. The minimum atomic E-state index is -0.131. The number of carbonyl (C=O) groups is 2. The van der Waals surface area contributed by atoms with Crippen LogP contribution in [0.2, 0.25) is 5.02 Å². The molecule has 0 aliphatic rings. The fourth-order valence-electron chi connectivity index (χ4n) is 1.88. The molecule has 0 atom stereocenters. The van der Waals surface area contributed by atoms with Crippen LogP contribution in [0.1, 0.15) is 17.3 Å². The van der Waals surface area contributed by atoms with Gasteiger partial charge in [0.2, 0.25) is 5.91 Å². The van der Waals surface area contributed by atoms with Gasteiger partial charge in [-0.1, -0.05) is 11.6 Å². The van der Waals surface area contributed by atoms with Gasteiger partial charge in [0, 0.05) is 35.9 Å². The zero-order valence-electron chi connectivity index (χ0n) is 11.8. The van der Waals surface area contributed by atoms with Gasteiger partial charge in [-0.25, -0.2) is 0 Å². The van der Waals surface area contributed by atoms with Gasteiger partial charge in [0.25, 0.3) is 5.91 Å². The number of nitrogens with zero attached hydrogens (tertiary/aromatic N) is 1. The topological polar surface area (TPSA) is 49.4 Å². The summed E-state index contributed by atoms with van der Waals surface area (Å²) >= 11 is 5.81. The number of hydrogen-bond acceptors (Lipinski definition) is 2. The van der Waals surface area contributed by atoms with Gasteiger partial charge in [-0.3, -0.25) is 9.59 Å². The van der Waals surface area contributed by atoms with E-state index in [1.54, 1.807) is 60.5 Å². The highest BCUT2D eigenvalue weighted by Crippen LogP contribution is 2.19. The first-order valence-electron chi connectivity index (χ1n) is 6.38. The number of rotatable bonds is 3. The van der Waals surface area contributed by atoms with Crippen LogP contribution >= 0.6 is 11.6 Å². The largest absolute Gasteiger partial charge is 0.326 e. The monoisotopic (exact) mass is 302 g/mol. The van der Waals surface area contributed by atoms with Crippen molar-refractivity contribution in [3.63, 3.8) is 0 Å². The van der Waals surface area contributed by atoms with Crippen molar-refractivity contribution < 1.29 is 9.59 Å². The van der Waals surface area contributed by atoms with Crippen molar-refractivity contribution in [3.05, 3.63) is 59.1 Å². The molecule has 1 N–H and O–H groups in total. The predicted molar refractivity (Wildman–Crippen MR) is 84.9 cm³/mol. The maximum absolute atomic E-state index is 12.3. The summed E-state index contributed by atoms with van der Waals surface area (Å²) in [7, 11) is 1.70. The van der Waals surface area contributed by atoms with Crippen LogP contribution in [0.5, 0.6) is 0 Å². The molecule has 0 aliphatic carbocycles. The van der Waals surface area contributed by atoms with Gasteiger partial charge in [-0.2, -0.15) is 0 Å². The number of halogens is 1. The van der Waals surface area contributed by atoms with Crippen LogP contribution in [0.4, 0.5) is 11.4 Å². The van der Waals surface area contributed by atoms with Gasteiger partial charge in [-0.15, -0.1) is 0 Å². The van der Waals surface area contributed by atoms with E-state index >= 15 is 0 Å². The fourth-order valence-corrected chi connectivity index (χ4v) is 2.00. The Balaban J connectivity index is 2.15. The first-order valence-corrected chi connectivity index (χ1v) is 6.76. The van der Waals surface area contributed by atoms with E-state index in [9.17, 15) is 9.59 Å². The van der Waals surface area contributed by atoms with Crippen molar-refractivity contribution in [2.24, 2.45) is 0 Å². The molecule has 21 heavy (non-hydrogen) atoms. The second-order valence-electron chi connectivity index (χ2n) is 4.60. The van der Waals surface area contributed by atoms with Gasteiger partial charge >= 0.3 is 0 Å². The first-order chi connectivity index (χ1) is 9.97. The van der Waals surface area contributed by atoms with Crippen LogP contribution in [-0.4, -0.2) is 18.9 Å². The molecule has 0 bridgehead atoms. The average Bonchev–Trinajstić information content (AvgIpc) is 2.47. The van der Waals surface area contributed by atoms with Crippen molar-refractivity contribution >= 4 is 34.8 Å². The lowest BCUT2D eigenvalue weighted by atomic mass is 10.2. The number of nitrogens with one attached hydrogen (secondary N) is 1. The van der Waals surface area contributed by atoms with E-state index in [4.69, 9.17) is 11.6 Å². The molecule has 0 aliphatic heterocycles. The molecule has 0 heterocycles. The van der Waals surface area contributed by atoms with E-state index in [1.165, 1.54) is 6.92 Å². The highest BCUT2D eigenvalue weighted by atomic mass is 35.5. The summed E-state index contributed by atoms with van der Waals surface area (Å²) < 4.78 is 0. The van der Waals surface area contributed by atoms with Gasteiger partial charge in [-0.05, 0) is 48.5 Å². The van der Waals surface area contributed by atoms with E-state index in [1.807, 2.05) is 0 Å². The van der Waals surface area contributed by atoms with Crippen molar-refractivity contribution in [1.82, 2.24) is 0 Å². The van der Waals surface area contributed by atoms with Crippen LogP contribution in [-0.2, 0) is 4.79 Å². The minimum Gasteiger partial charge on any atom is -0.326 e. The van der Waals surface area contributed by atoms with Crippen molar-refractivity contribution in [2.75, 3.05) is 17.3 Å². The molecule has 0 spiro atoms. The molecule has 0 radical (unpaired) electrons. The Morgan fingerprint density at radius 1 is 1.00 bits per heavy atom. The number of carbonyl (C=O) groups excluding carboxylic acids is 2. The number of hydrogen-bond donors (Lipinski definition) is 1. The van der Waals surface area contributed by atoms with E-state index < -0.39 is 0 Å². The SMILES string of the molecule is CC(=O)Nc1ccc(N(C)C(=O)c2ccc(Cl)cc2)cc1. The molecule has 2 aromatic rings. The second kappa shape index (κ2) is 6.41. The molecular weight excluding hydrogens is 288 g/mol. The maximum atomic E-state index is 12.3.